The van der Waals surface area contributed by atoms with E-state index in [0.29, 0.717) is 5.56 Å². The quantitative estimate of drug-likeness (QED) is 0.737. The first kappa shape index (κ1) is 16.5. The van der Waals surface area contributed by atoms with Gasteiger partial charge in [-0.05, 0) is 36.8 Å². The third-order valence-corrected chi connectivity index (χ3v) is 3.86. The molecule has 5 heteroatoms. The second-order valence-electron chi connectivity index (χ2n) is 5.58. The molecular weight excluding hydrogens is 310 g/mol. The maximum Gasteiger partial charge on any atom is 0.135 e. The fraction of sp³-hybridized carbons (Fsp3) is 0.150. The van der Waals surface area contributed by atoms with Gasteiger partial charge in [-0.3, -0.25) is 0 Å². The van der Waals surface area contributed by atoms with Crippen molar-refractivity contribution in [1.29, 1.82) is 5.26 Å². The highest BCUT2D eigenvalue weighted by molar-refractivity contribution is 5.60. The van der Waals surface area contributed by atoms with Crippen LogP contribution in [0.5, 0.6) is 0 Å². The molecule has 124 valence electrons. The van der Waals surface area contributed by atoms with Gasteiger partial charge < -0.3 is 10.2 Å². The molecule has 0 bridgehead atoms. The Bertz CT molecular complexity index is 853. The van der Waals surface area contributed by atoms with Crippen LogP contribution in [0.3, 0.4) is 0 Å². The number of aromatic nitrogens is 2. The summed E-state index contributed by atoms with van der Waals surface area (Å²) >= 11 is 0. The summed E-state index contributed by atoms with van der Waals surface area (Å²) in [6, 6.07) is 21.7. The van der Waals surface area contributed by atoms with Crippen molar-refractivity contribution in [2.75, 3.05) is 16.8 Å². The van der Waals surface area contributed by atoms with Crippen LogP contribution in [0.15, 0.2) is 67.0 Å². The highest BCUT2D eigenvalue weighted by atomic mass is 15.2. The molecule has 0 aliphatic rings. The Balaban J connectivity index is 1.76. The molecule has 0 amide bonds. The van der Waals surface area contributed by atoms with Crippen LogP contribution in [0.1, 0.15) is 18.1 Å². The molecule has 3 aromatic rings. The number of nitrogens with zero attached hydrogens (tertiary/aromatic N) is 4. The zero-order chi connectivity index (χ0) is 17.5. The summed E-state index contributed by atoms with van der Waals surface area (Å²) in [5.41, 5.74) is 2.76. The molecule has 0 atom stereocenters. The lowest BCUT2D eigenvalue weighted by molar-refractivity contribution is 0.810. The number of anilines is 3. The monoisotopic (exact) mass is 329 g/mol. The summed E-state index contributed by atoms with van der Waals surface area (Å²) in [4.78, 5) is 10.9. The first-order valence-electron chi connectivity index (χ1n) is 8.16. The summed E-state index contributed by atoms with van der Waals surface area (Å²) < 4.78 is 0. The van der Waals surface area contributed by atoms with Crippen molar-refractivity contribution in [3.8, 4) is 6.07 Å². The van der Waals surface area contributed by atoms with Gasteiger partial charge in [-0.25, -0.2) is 9.97 Å². The molecule has 1 N–H and O–H groups in total. The van der Waals surface area contributed by atoms with Gasteiger partial charge in [0.2, 0.25) is 0 Å². The zero-order valence-electron chi connectivity index (χ0n) is 14.1. The molecule has 0 aliphatic heterocycles. The molecule has 0 saturated carbocycles. The van der Waals surface area contributed by atoms with Gasteiger partial charge in [0, 0.05) is 24.8 Å². The first-order valence-corrected chi connectivity index (χ1v) is 8.16. The van der Waals surface area contributed by atoms with E-state index in [2.05, 4.69) is 45.3 Å². The van der Waals surface area contributed by atoms with Crippen LogP contribution in [0, 0.1) is 11.3 Å². The molecule has 3 rings (SSSR count). The molecule has 5 nitrogen and oxygen atoms in total. The van der Waals surface area contributed by atoms with Crippen LogP contribution < -0.4 is 10.2 Å². The average Bonchev–Trinajstić information content (AvgIpc) is 2.68. The maximum absolute atomic E-state index is 8.87. The van der Waals surface area contributed by atoms with E-state index in [4.69, 9.17) is 5.26 Å². The van der Waals surface area contributed by atoms with Crippen molar-refractivity contribution < 1.29 is 0 Å². The lowest BCUT2D eigenvalue weighted by Gasteiger charge is -2.22. The summed E-state index contributed by atoms with van der Waals surface area (Å²) in [5, 5.41) is 12.1. The largest absolute Gasteiger partial charge is 0.352 e. The third-order valence-electron chi connectivity index (χ3n) is 3.86. The fourth-order valence-corrected chi connectivity index (χ4v) is 2.52. The van der Waals surface area contributed by atoms with E-state index in [1.165, 1.54) is 5.56 Å². The molecule has 1 aromatic heterocycles. The highest BCUT2D eigenvalue weighted by Crippen LogP contribution is 2.20. The van der Waals surface area contributed by atoms with E-state index < -0.39 is 0 Å². The Hall–Kier alpha value is -3.39. The molecule has 0 fully saturated rings. The van der Waals surface area contributed by atoms with E-state index in [0.717, 1.165) is 30.4 Å². The fourth-order valence-electron chi connectivity index (χ4n) is 2.52. The minimum Gasteiger partial charge on any atom is -0.352 e. The standard InChI is InChI=1S/C20H19N5/c1-2-25(14-17-6-4-3-5-7-17)20-12-19(22-15-23-20)24-18-10-8-16(13-21)9-11-18/h3-12,15H,2,14H2,1H3,(H,22,23,24). The second-order valence-corrected chi connectivity index (χ2v) is 5.58. The number of hydrogen-bond donors (Lipinski definition) is 1. The molecule has 2 aromatic carbocycles. The normalized spacial score (nSPS) is 10.1. The lowest BCUT2D eigenvalue weighted by Crippen LogP contribution is -2.23. The van der Waals surface area contributed by atoms with Gasteiger partial charge in [0.05, 0.1) is 11.6 Å². The second kappa shape index (κ2) is 7.93. The Morgan fingerprint density at radius 2 is 1.80 bits per heavy atom. The first-order chi connectivity index (χ1) is 12.3. The maximum atomic E-state index is 8.87. The smallest absolute Gasteiger partial charge is 0.135 e. The van der Waals surface area contributed by atoms with Crippen LogP contribution in [0.2, 0.25) is 0 Å². The molecule has 1 heterocycles. The molecule has 0 radical (unpaired) electrons. The minimum atomic E-state index is 0.633. The van der Waals surface area contributed by atoms with Gasteiger partial charge in [0.1, 0.15) is 18.0 Å². The van der Waals surface area contributed by atoms with Crippen molar-refractivity contribution in [3.63, 3.8) is 0 Å². The Labute approximate surface area is 147 Å². The van der Waals surface area contributed by atoms with Crippen LogP contribution in [0.4, 0.5) is 17.3 Å². The van der Waals surface area contributed by atoms with Crippen LogP contribution in [-0.4, -0.2) is 16.5 Å². The molecule has 25 heavy (non-hydrogen) atoms. The summed E-state index contributed by atoms with van der Waals surface area (Å²) in [7, 11) is 0. The Kier molecular flexibility index (Phi) is 5.22. The number of benzene rings is 2. The summed E-state index contributed by atoms with van der Waals surface area (Å²) in [6.45, 7) is 3.76. The number of hydrogen-bond acceptors (Lipinski definition) is 5. The van der Waals surface area contributed by atoms with Gasteiger partial charge >= 0.3 is 0 Å². The van der Waals surface area contributed by atoms with E-state index >= 15 is 0 Å². The average molecular weight is 329 g/mol. The van der Waals surface area contributed by atoms with Crippen LogP contribution >= 0.6 is 0 Å². The topological polar surface area (TPSA) is 64.8 Å². The zero-order valence-corrected chi connectivity index (χ0v) is 14.1. The van der Waals surface area contributed by atoms with Crippen molar-refractivity contribution >= 4 is 17.3 Å². The number of rotatable bonds is 6. The van der Waals surface area contributed by atoms with E-state index in [1.54, 1.807) is 18.5 Å². The van der Waals surface area contributed by atoms with E-state index in [9.17, 15) is 0 Å². The van der Waals surface area contributed by atoms with Gasteiger partial charge in [-0.2, -0.15) is 5.26 Å². The Morgan fingerprint density at radius 3 is 2.48 bits per heavy atom. The van der Waals surface area contributed by atoms with Gasteiger partial charge in [-0.1, -0.05) is 30.3 Å². The van der Waals surface area contributed by atoms with Gasteiger partial charge in [-0.15, -0.1) is 0 Å². The van der Waals surface area contributed by atoms with E-state index in [1.807, 2.05) is 36.4 Å². The summed E-state index contributed by atoms with van der Waals surface area (Å²) in [5.74, 6) is 1.60. The molecule has 0 aliphatic carbocycles. The predicted molar refractivity (Wildman–Crippen MR) is 99.6 cm³/mol. The van der Waals surface area contributed by atoms with Crippen molar-refractivity contribution in [2.45, 2.75) is 13.5 Å². The SMILES string of the molecule is CCN(Cc1ccccc1)c1cc(Nc2ccc(C#N)cc2)ncn1. The van der Waals surface area contributed by atoms with Crippen LogP contribution in [-0.2, 0) is 6.54 Å². The molecule has 0 saturated heterocycles. The van der Waals surface area contributed by atoms with Gasteiger partial charge in [0.25, 0.3) is 0 Å². The Morgan fingerprint density at radius 1 is 1.04 bits per heavy atom. The highest BCUT2D eigenvalue weighted by Gasteiger charge is 2.08. The number of nitrogens with one attached hydrogen (secondary N) is 1. The van der Waals surface area contributed by atoms with Crippen LogP contribution in [0.25, 0.3) is 0 Å². The summed E-state index contributed by atoms with van der Waals surface area (Å²) in [6.07, 6.45) is 1.56. The van der Waals surface area contributed by atoms with Crippen molar-refractivity contribution in [1.82, 2.24) is 9.97 Å². The molecule has 0 unspecified atom stereocenters. The predicted octanol–water partition coefficient (Wildman–Crippen LogP) is 4.12. The lowest BCUT2D eigenvalue weighted by atomic mass is 10.2. The van der Waals surface area contributed by atoms with Crippen molar-refractivity contribution in [3.05, 3.63) is 78.1 Å². The number of nitriles is 1. The molecular formula is C20H19N5. The third kappa shape index (κ3) is 4.33. The minimum absolute atomic E-state index is 0.633. The van der Waals surface area contributed by atoms with Crippen molar-refractivity contribution in [2.24, 2.45) is 0 Å². The van der Waals surface area contributed by atoms with Gasteiger partial charge in [0.15, 0.2) is 0 Å². The van der Waals surface area contributed by atoms with E-state index in [-0.39, 0.29) is 0 Å². The molecule has 0 spiro atoms.